The number of hydrogen-bond donors (Lipinski definition) is 2. The first-order valence-corrected chi connectivity index (χ1v) is 6.95. The summed E-state index contributed by atoms with van der Waals surface area (Å²) in [5.74, 6) is 0.747. The highest BCUT2D eigenvalue weighted by Crippen LogP contribution is 2.36. The third-order valence-electron chi connectivity index (χ3n) is 4.05. The van der Waals surface area contributed by atoms with Gasteiger partial charge < -0.3 is 19.7 Å². The van der Waals surface area contributed by atoms with Crippen LogP contribution in [0.5, 0.6) is 0 Å². The SMILES string of the molecule is Cc1nc(NCCO)ccc1B1OC(C)(C)C(C)(C)O1. The summed E-state index contributed by atoms with van der Waals surface area (Å²) in [6.07, 6.45) is 0. The zero-order chi connectivity index (χ0) is 15.0. The van der Waals surface area contributed by atoms with Crippen molar-refractivity contribution in [3.05, 3.63) is 17.8 Å². The Kier molecular flexibility index (Phi) is 4.09. The Morgan fingerprint density at radius 3 is 2.30 bits per heavy atom. The molecular formula is C14H23BN2O3. The van der Waals surface area contributed by atoms with Crippen molar-refractivity contribution >= 4 is 18.4 Å². The number of hydrogen-bond acceptors (Lipinski definition) is 5. The Morgan fingerprint density at radius 1 is 1.20 bits per heavy atom. The number of pyridine rings is 1. The molecule has 0 bridgehead atoms. The largest absolute Gasteiger partial charge is 0.496 e. The predicted octanol–water partition coefficient (Wildman–Crippen LogP) is 1.09. The summed E-state index contributed by atoms with van der Waals surface area (Å²) in [7, 11) is -0.389. The number of nitrogens with one attached hydrogen (secondary N) is 1. The minimum absolute atomic E-state index is 0.0830. The number of aliphatic hydroxyl groups is 1. The van der Waals surface area contributed by atoms with Gasteiger partial charge in [0.2, 0.25) is 0 Å². The Labute approximate surface area is 120 Å². The maximum absolute atomic E-state index is 8.81. The standard InChI is InChI=1S/C14H23BN2O3/c1-10-11(6-7-12(17-10)16-8-9-18)15-19-13(2,3)14(4,5)20-15/h6-7,18H,8-9H2,1-5H3,(H,16,17). The number of rotatable bonds is 4. The van der Waals surface area contributed by atoms with Crippen molar-refractivity contribution in [2.24, 2.45) is 0 Å². The van der Waals surface area contributed by atoms with Gasteiger partial charge in [-0.25, -0.2) is 4.98 Å². The number of anilines is 1. The second kappa shape index (κ2) is 5.35. The summed E-state index contributed by atoms with van der Waals surface area (Å²) in [6, 6.07) is 3.84. The first-order valence-electron chi connectivity index (χ1n) is 6.95. The van der Waals surface area contributed by atoms with E-state index in [-0.39, 0.29) is 24.9 Å². The summed E-state index contributed by atoms with van der Waals surface area (Å²) in [6.45, 7) is 10.6. The zero-order valence-electron chi connectivity index (χ0n) is 12.9. The topological polar surface area (TPSA) is 63.6 Å². The molecule has 0 radical (unpaired) electrons. The van der Waals surface area contributed by atoms with Crippen LogP contribution in [0.3, 0.4) is 0 Å². The molecule has 0 unspecified atom stereocenters. The molecular weight excluding hydrogens is 255 g/mol. The van der Waals surface area contributed by atoms with Crippen LogP contribution in [0, 0.1) is 6.92 Å². The third kappa shape index (κ3) is 2.82. The summed E-state index contributed by atoms with van der Waals surface area (Å²) in [5, 5.41) is 11.9. The molecule has 0 spiro atoms. The Bertz CT molecular complexity index is 475. The first-order chi connectivity index (χ1) is 9.27. The predicted molar refractivity (Wildman–Crippen MR) is 80.3 cm³/mol. The van der Waals surface area contributed by atoms with Crippen LogP contribution >= 0.6 is 0 Å². The maximum atomic E-state index is 8.81. The molecule has 20 heavy (non-hydrogen) atoms. The van der Waals surface area contributed by atoms with E-state index in [1.807, 2.05) is 46.8 Å². The van der Waals surface area contributed by atoms with Gasteiger partial charge in [-0.15, -0.1) is 0 Å². The lowest BCUT2D eigenvalue weighted by molar-refractivity contribution is 0.00578. The van der Waals surface area contributed by atoms with Crippen LogP contribution in [0.4, 0.5) is 5.82 Å². The summed E-state index contributed by atoms with van der Waals surface area (Å²) < 4.78 is 12.1. The molecule has 2 N–H and O–H groups in total. The van der Waals surface area contributed by atoms with Crippen molar-refractivity contribution in [2.75, 3.05) is 18.5 Å². The summed E-state index contributed by atoms with van der Waals surface area (Å²) in [5.41, 5.74) is 1.11. The smallest absolute Gasteiger partial charge is 0.399 e. The molecule has 2 heterocycles. The van der Waals surface area contributed by atoms with E-state index in [0.717, 1.165) is 17.0 Å². The molecule has 0 amide bonds. The molecule has 110 valence electrons. The molecule has 2 rings (SSSR count). The fourth-order valence-electron chi connectivity index (χ4n) is 2.07. The van der Waals surface area contributed by atoms with E-state index in [9.17, 15) is 0 Å². The molecule has 1 aliphatic rings. The third-order valence-corrected chi connectivity index (χ3v) is 4.05. The van der Waals surface area contributed by atoms with Crippen LogP contribution in [-0.4, -0.2) is 41.6 Å². The van der Waals surface area contributed by atoms with Crippen LogP contribution in [0.15, 0.2) is 12.1 Å². The molecule has 6 heteroatoms. The Hall–Kier alpha value is -1.11. The van der Waals surface area contributed by atoms with Crippen LogP contribution < -0.4 is 10.8 Å². The summed E-state index contributed by atoms with van der Waals surface area (Å²) >= 11 is 0. The minimum Gasteiger partial charge on any atom is -0.399 e. The second-order valence-electron chi connectivity index (χ2n) is 6.11. The molecule has 1 fully saturated rings. The lowest BCUT2D eigenvalue weighted by atomic mass is 9.78. The van der Waals surface area contributed by atoms with E-state index in [1.165, 1.54) is 0 Å². The van der Waals surface area contributed by atoms with E-state index < -0.39 is 0 Å². The van der Waals surface area contributed by atoms with E-state index in [4.69, 9.17) is 14.4 Å². The van der Waals surface area contributed by atoms with E-state index in [2.05, 4.69) is 10.3 Å². The normalized spacial score (nSPS) is 20.2. The number of nitrogens with zero attached hydrogens (tertiary/aromatic N) is 1. The monoisotopic (exact) mass is 278 g/mol. The second-order valence-corrected chi connectivity index (χ2v) is 6.11. The molecule has 0 aromatic carbocycles. The van der Waals surface area contributed by atoms with Gasteiger partial charge in [-0.3, -0.25) is 0 Å². The van der Waals surface area contributed by atoms with Gasteiger partial charge in [-0.1, -0.05) is 6.07 Å². The molecule has 0 aliphatic carbocycles. The quantitative estimate of drug-likeness (QED) is 0.807. The van der Waals surface area contributed by atoms with Gasteiger partial charge >= 0.3 is 7.12 Å². The van der Waals surface area contributed by atoms with E-state index in [0.29, 0.717) is 6.54 Å². The van der Waals surface area contributed by atoms with Crippen molar-refractivity contribution in [3.8, 4) is 0 Å². The van der Waals surface area contributed by atoms with Crippen LogP contribution in [0.1, 0.15) is 33.4 Å². The summed E-state index contributed by atoms with van der Waals surface area (Å²) in [4.78, 5) is 4.47. The van der Waals surface area contributed by atoms with Gasteiger partial charge in [0.15, 0.2) is 0 Å². The molecule has 5 nitrogen and oxygen atoms in total. The van der Waals surface area contributed by atoms with E-state index in [1.54, 1.807) is 0 Å². The van der Waals surface area contributed by atoms with Gasteiger partial charge in [0.25, 0.3) is 0 Å². The van der Waals surface area contributed by atoms with E-state index >= 15 is 0 Å². The Balaban J connectivity index is 2.19. The molecule has 1 saturated heterocycles. The fraction of sp³-hybridized carbons (Fsp3) is 0.643. The average Bonchev–Trinajstić information content (AvgIpc) is 2.55. The van der Waals surface area contributed by atoms with Crippen LogP contribution in [0.25, 0.3) is 0 Å². The highest BCUT2D eigenvalue weighted by Gasteiger charge is 2.52. The molecule has 0 atom stereocenters. The average molecular weight is 278 g/mol. The molecule has 1 aromatic rings. The Morgan fingerprint density at radius 2 is 1.80 bits per heavy atom. The van der Waals surface area contributed by atoms with Crippen molar-refractivity contribution in [1.82, 2.24) is 4.98 Å². The van der Waals surface area contributed by atoms with Gasteiger partial charge in [0.05, 0.1) is 17.8 Å². The van der Waals surface area contributed by atoms with Crippen molar-refractivity contribution in [2.45, 2.75) is 45.8 Å². The number of aromatic nitrogens is 1. The minimum atomic E-state index is -0.389. The van der Waals surface area contributed by atoms with Gasteiger partial charge in [-0.05, 0) is 40.7 Å². The van der Waals surface area contributed by atoms with Gasteiger partial charge in [0, 0.05) is 17.7 Å². The maximum Gasteiger partial charge on any atom is 0.496 e. The lowest BCUT2D eigenvalue weighted by Gasteiger charge is -2.32. The molecule has 0 saturated carbocycles. The number of aryl methyl sites for hydroxylation is 1. The highest BCUT2D eigenvalue weighted by atomic mass is 16.7. The van der Waals surface area contributed by atoms with Crippen LogP contribution in [0.2, 0.25) is 0 Å². The lowest BCUT2D eigenvalue weighted by Crippen LogP contribution is -2.41. The van der Waals surface area contributed by atoms with Crippen molar-refractivity contribution in [1.29, 1.82) is 0 Å². The first kappa shape index (κ1) is 15.3. The van der Waals surface area contributed by atoms with Gasteiger partial charge in [0.1, 0.15) is 5.82 Å². The fourth-order valence-corrected chi connectivity index (χ4v) is 2.07. The van der Waals surface area contributed by atoms with Gasteiger partial charge in [-0.2, -0.15) is 0 Å². The van der Waals surface area contributed by atoms with Crippen LogP contribution in [-0.2, 0) is 9.31 Å². The van der Waals surface area contributed by atoms with Crippen molar-refractivity contribution < 1.29 is 14.4 Å². The molecule has 1 aliphatic heterocycles. The van der Waals surface area contributed by atoms with Crippen molar-refractivity contribution in [3.63, 3.8) is 0 Å². The molecule has 1 aromatic heterocycles. The number of aliphatic hydroxyl groups excluding tert-OH is 1. The zero-order valence-corrected chi connectivity index (χ0v) is 12.9. The highest BCUT2D eigenvalue weighted by molar-refractivity contribution is 6.62.